The maximum absolute atomic E-state index is 13.8. The molecule has 0 aliphatic heterocycles. The minimum atomic E-state index is -4.03. The first-order valence-corrected chi connectivity index (χ1v) is 9.14. The second kappa shape index (κ2) is 8.75. The highest BCUT2D eigenvalue weighted by molar-refractivity contribution is 7.87. The molecule has 0 aliphatic carbocycles. The lowest BCUT2D eigenvalue weighted by Crippen LogP contribution is -2.47. The molecular weight excluding hydrogens is 359 g/mol. The van der Waals surface area contributed by atoms with Crippen molar-refractivity contribution in [1.82, 2.24) is 9.03 Å². The van der Waals surface area contributed by atoms with Gasteiger partial charge >= 0.3 is 5.97 Å². The van der Waals surface area contributed by atoms with Gasteiger partial charge in [0.05, 0.1) is 7.11 Å². The van der Waals surface area contributed by atoms with E-state index in [2.05, 4.69) is 9.46 Å². The van der Waals surface area contributed by atoms with E-state index in [1.165, 1.54) is 32.4 Å². The summed E-state index contributed by atoms with van der Waals surface area (Å²) in [5.41, 5.74) is 0.0607. The van der Waals surface area contributed by atoms with Crippen LogP contribution in [0.1, 0.15) is 25.8 Å². The molecule has 136 valence electrons. The van der Waals surface area contributed by atoms with E-state index in [9.17, 15) is 17.6 Å². The summed E-state index contributed by atoms with van der Waals surface area (Å²) < 4.78 is 46.5. The molecule has 1 aromatic rings. The van der Waals surface area contributed by atoms with Crippen LogP contribution in [0.2, 0.25) is 5.02 Å². The second-order valence-corrected chi connectivity index (χ2v) is 8.00. The summed E-state index contributed by atoms with van der Waals surface area (Å²) in [6, 6.07) is 3.09. The van der Waals surface area contributed by atoms with Crippen LogP contribution in [0, 0.1) is 11.7 Å². The molecular formula is C15H22ClFN2O4S. The summed E-state index contributed by atoms with van der Waals surface area (Å²) in [5.74, 6) is -1.20. The Labute approximate surface area is 147 Å². The molecule has 0 saturated carbocycles. The van der Waals surface area contributed by atoms with Crippen molar-refractivity contribution in [1.29, 1.82) is 0 Å². The van der Waals surface area contributed by atoms with Gasteiger partial charge in [-0.3, -0.25) is 4.79 Å². The number of hydrogen-bond acceptors (Lipinski definition) is 4. The van der Waals surface area contributed by atoms with Crippen molar-refractivity contribution in [3.63, 3.8) is 0 Å². The van der Waals surface area contributed by atoms with E-state index in [1.54, 1.807) is 0 Å². The van der Waals surface area contributed by atoms with Gasteiger partial charge in [0, 0.05) is 24.2 Å². The Morgan fingerprint density at radius 2 is 2.04 bits per heavy atom. The number of carbonyl (C=O) groups is 1. The molecule has 1 rings (SSSR count). The smallest absolute Gasteiger partial charge is 0.323 e. The van der Waals surface area contributed by atoms with Crippen LogP contribution in [0.4, 0.5) is 4.39 Å². The second-order valence-electron chi connectivity index (χ2n) is 5.78. The molecule has 1 aromatic carbocycles. The first kappa shape index (κ1) is 20.8. The highest BCUT2D eigenvalue weighted by Crippen LogP contribution is 2.21. The van der Waals surface area contributed by atoms with E-state index < -0.39 is 28.0 Å². The van der Waals surface area contributed by atoms with Gasteiger partial charge in [-0.15, -0.1) is 0 Å². The lowest BCUT2D eigenvalue weighted by Gasteiger charge is -2.23. The van der Waals surface area contributed by atoms with Gasteiger partial charge < -0.3 is 4.74 Å². The van der Waals surface area contributed by atoms with Gasteiger partial charge in [-0.1, -0.05) is 31.5 Å². The summed E-state index contributed by atoms with van der Waals surface area (Å²) in [5, 5.41) is 0.128. The lowest BCUT2D eigenvalue weighted by molar-refractivity contribution is -0.143. The Balaban J connectivity index is 2.94. The third-order valence-electron chi connectivity index (χ3n) is 3.34. The Bertz CT molecular complexity index is 662. The molecule has 1 N–H and O–H groups in total. The number of rotatable bonds is 8. The van der Waals surface area contributed by atoms with Crippen molar-refractivity contribution in [3.8, 4) is 0 Å². The molecule has 0 saturated heterocycles. The normalized spacial score (nSPS) is 13.3. The van der Waals surface area contributed by atoms with Gasteiger partial charge in [-0.25, -0.2) is 4.39 Å². The number of nitrogens with zero attached hydrogens (tertiary/aromatic N) is 1. The van der Waals surface area contributed by atoms with Crippen LogP contribution in [-0.2, 0) is 26.3 Å². The first-order valence-electron chi connectivity index (χ1n) is 7.32. The molecule has 1 atom stereocenters. The fraction of sp³-hybridized carbons (Fsp3) is 0.533. The number of esters is 1. The lowest BCUT2D eigenvalue weighted by atomic mass is 10.1. The number of carbonyl (C=O) groups excluding carboxylic acids is 1. The molecule has 9 heteroatoms. The van der Waals surface area contributed by atoms with Crippen LogP contribution in [0.5, 0.6) is 0 Å². The fourth-order valence-corrected chi connectivity index (χ4v) is 3.32. The maximum atomic E-state index is 13.8. The Morgan fingerprint density at radius 1 is 1.42 bits per heavy atom. The summed E-state index contributed by atoms with van der Waals surface area (Å²) in [6.07, 6.45) is 0.278. The molecule has 0 spiro atoms. The van der Waals surface area contributed by atoms with Crippen LogP contribution in [0.25, 0.3) is 0 Å². The zero-order valence-corrected chi connectivity index (χ0v) is 15.6. The van der Waals surface area contributed by atoms with E-state index in [1.807, 2.05) is 13.8 Å². The van der Waals surface area contributed by atoms with Gasteiger partial charge in [0.2, 0.25) is 0 Å². The monoisotopic (exact) mass is 380 g/mol. The van der Waals surface area contributed by atoms with E-state index in [4.69, 9.17) is 11.6 Å². The summed E-state index contributed by atoms with van der Waals surface area (Å²) in [6.45, 7) is 3.44. The van der Waals surface area contributed by atoms with E-state index in [0.29, 0.717) is 0 Å². The van der Waals surface area contributed by atoms with Crippen molar-refractivity contribution >= 4 is 27.8 Å². The third kappa shape index (κ3) is 5.70. The molecule has 0 fully saturated rings. The predicted octanol–water partition coefficient (Wildman–Crippen LogP) is 2.33. The van der Waals surface area contributed by atoms with Crippen molar-refractivity contribution in [2.24, 2.45) is 5.92 Å². The predicted molar refractivity (Wildman–Crippen MR) is 90.2 cm³/mol. The molecule has 0 radical (unpaired) electrons. The molecule has 1 unspecified atom stereocenters. The van der Waals surface area contributed by atoms with E-state index >= 15 is 0 Å². The molecule has 0 bridgehead atoms. The number of benzene rings is 1. The highest BCUT2D eigenvalue weighted by atomic mass is 35.5. The fourth-order valence-electron chi connectivity index (χ4n) is 2.07. The van der Waals surface area contributed by atoms with Crippen molar-refractivity contribution in [2.45, 2.75) is 32.9 Å². The van der Waals surface area contributed by atoms with Gasteiger partial charge in [0.1, 0.15) is 11.9 Å². The van der Waals surface area contributed by atoms with Crippen LogP contribution in [0.15, 0.2) is 18.2 Å². The maximum Gasteiger partial charge on any atom is 0.323 e. The van der Waals surface area contributed by atoms with Crippen LogP contribution in [-0.4, -0.2) is 38.9 Å². The van der Waals surface area contributed by atoms with Gasteiger partial charge in [-0.05, 0) is 24.5 Å². The molecule has 24 heavy (non-hydrogen) atoms. The van der Waals surface area contributed by atoms with E-state index in [0.717, 1.165) is 4.31 Å². The topological polar surface area (TPSA) is 75.7 Å². The Morgan fingerprint density at radius 3 is 2.54 bits per heavy atom. The Kier molecular flexibility index (Phi) is 7.59. The average Bonchev–Trinajstić information content (AvgIpc) is 2.48. The zero-order chi connectivity index (χ0) is 18.5. The number of methoxy groups -OCH3 is 1. The summed E-state index contributed by atoms with van der Waals surface area (Å²) in [4.78, 5) is 11.8. The number of ether oxygens (including phenoxy) is 1. The van der Waals surface area contributed by atoms with Gasteiger partial charge in [-0.2, -0.15) is 17.4 Å². The van der Waals surface area contributed by atoms with Crippen LogP contribution in [0.3, 0.4) is 0 Å². The van der Waals surface area contributed by atoms with Crippen LogP contribution >= 0.6 is 11.6 Å². The number of halogens is 2. The average molecular weight is 381 g/mol. The molecule has 0 amide bonds. The van der Waals surface area contributed by atoms with Crippen LogP contribution < -0.4 is 4.72 Å². The number of hydrogen-bond donors (Lipinski definition) is 1. The minimum absolute atomic E-state index is 0.0607. The van der Waals surface area contributed by atoms with Crippen molar-refractivity contribution in [3.05, 3.63) is 34.6 Å². The standard InChI is InChI=1S/C15H22ClFN2O4S/c1-10(2)8-14(15(20)23-4)18-24(21,22)19(3)9-11-12(16)6-5-7-13(11)17/h5-7,10,14,18H,8-9H2,1-4H3. The first-order chi connectivity index (χ1) is 11.1. The minimum Gasteiger partial charge on any atom is -0.468 e. The van der Waals surface area contributed by atoms with Crippen molar-refractivity contribution < 1.29 is 22.3 Å². The SMILES string of the molecule is COC(=O)C(CC(C)C)NS(=O)(=O)N(C)Cc1c(F)cccc1Cl. The summed E-state index contributed by atoms with van der Waals surface area (Å²) >= 11 is 5.92. The quantitative estimate of drug-likeness (QED) is 0.702. The molecule has 6 nitrogen and oxygen atoms in total. The zero-order valence-electron chi connectivity index (χ0n) is 14.0. The molecule has 0 aliphatic rings. The van der Waals surface area contributed by atoms with Crippen molar-refractivity contribution in [2.75, 3.05) is 14.2 Å². The Hall–Kier alpha value is -1.22. The molecule has 0 aromatic heterocycles. The van der Waals surface area contributed by atoms with E-state index in [-0.39, 0.29) is 29.5 Å². The van der Waals surface area contributed by atoms with Gasteiger partial charge in [0.15, 0.2) is 0 Å². The summed E-state index contributed by atoms with van der Waals surface area (Å²) in [7, 11) is -1.57. The highest BCUT2D eigenvalue weighted by Gasteiger charge is 2.29. The largest absolute Gasteiger partial charge is 0.468 e. The molecule has 0 heterocycles. The van der Waals surface area contributed by atoms with Gasteiger partial charge in [0.25, 0.3) is 10.2 Å². The number of nitrogens with one attached hydrogen (secondary N) is 1. The third-order valence-corrected chi connectivity index (χ3v) is 5.22.